The molecule has 0 atom stereocenters. The topological polar surface area (TPSA) is 27.7 Å². The van der Waals surface area contributed by atoms with Crippen molar-refractivity contribution in [3.05, 3.63) is 432 Å². The van der Waals surface area contributed by atoms with Gasteiger partial charge in [0.2, 0.25) is 0 Å². The maximum Gasteiger partial charge on any atom is 0.0541 e. The molecule has 0 aliphatic carbocycles. The van der Waals surface area contributed by atoms with Gasteiger partial charge in [-0.2, -0.15) is 0 Å². The molecule has 0 saturated heterocycles. The summed E-state index contributed by atoms with van der Waals surface area (Å²) in [5, 5.41) is 9.87. The van der Waals surface area contributed by atoms with Crippen LogP contribution in [0.1, 0.15) is 0 Å². The zero-order valence-corrected chi connectivity index (χ0v) is 65.5. The minimum absolute atomic E-state index is 1.10. The number of hydrogen-bond donors (Lipinski definition) is 0. The number of benzene rings is 17. The smallest absolute Gasteiger partial charge is 0.0541 e. The minimum atomic E-state index is 1.10. The Hall–Kier alpha value is -13.0. The van der Waals surface area contributed by atoms with Gasteiger partial charge in [0.05, 0.1) is 38.8 Å². The van der Waals surface area contributed by atoms with Crippen LogP contribution in [0, 0.1) is 0 Å². The quantitative estimate of drug-likeness (QED) is 0.127. The van der Waals surface area contributed by atoms with E-state index in [4.69, 9.17) is 0 Å². The van der Waals surface area contributed by atoms with E-state index in [0.29, 0.717) is 0 Å². The van der Waals surface area contributed by atoms with Crippen LogP contribution < -0.4 is 0 Å². The average Bonchev–Trinajstić information content (AvgIpc) is 1.63. The van der Waals surface area contributed by atoms with Gasteiger partial charge in [-0.3, -0.25) is 4.98 Å². The number of hydrogen-bond acceptors (Lipinski definition) is 1. The molecule has 21 rings (SSSR count). The Morgan fingerprint density at radius 2 is 0.500 bits per heavy atom. The van der Waals surface area contributed by atoms with Crippen LogP contribution in [-0.2, 0) is 0 Å². The Labute approximate surface area is 675 Å². The molecule has 21 aromatic rings. The lowest BCUT2D eigenvalue weighted by molar-refractivity contribution is 1.18. The summed E-state index contributed by atoms with van der Waals surface area (Å²) in [6.07, 6.45) is 3.80. The summed E-state index contributed by atoms with van der Waals surface area (Å²) in [6, 6.07) is 146. The highest BCUT2D eigenvalue weighted by Crippen LogP contribution is 2.43. The number of rotatable bonds is 11. The fourth-order valence-electron chi connectivity index (χ4n) is 16.2. The van der Waals surface area contributed by atoms with Gasteiger partial charge < -0.3 is 13.7 Å². The van der Waals surface area contributed by atoms with E-state index >= 15 is 0 Å². The van der Waals surface area contributed by atoms with Crippen LogP contribution in [0.25, 0.3) is 182 Å². The molecule has 4 nitrogen and oxygen atoms in total. The normalized spacial score (nSPS) is 11.3. The van der Waals surface area contributed by atoms with Gasteiger partial charge in [-0.05, 0) is 222 Å². The standard InChI is InChI=1S/2C36H24BrN.C33H21BrN2/c37-34-17-8-7-16-31(34)29-13-9-12-26(22-29)28-19-21-36-33(24-28)32-23-27(25-10-3-1-4-11-25)18-20-35(32)38(36)30-14-5-2-6-15-30;37-34-18-6-4-16-31(34)29-14-8-12-26(22-29)28-20-21-36-33(24-28)32-17-5-7-19-35(32)38(36)30-15-9-13-27(23-30)25-10-2-1-3-11-25;34-30-12-3-1-10-26(30)24-8-5-7-22(19-24)23-15-16-33-29(20-23)28-11-2-4-13-32(28)36(33)31-14-6-9-25-21-35-18-17-27(25)31/h2*1-24H;1-21H. The van der Waals surface area contributed by atoms with E-state index in [9.17, 15) is 0 Å². The first-order chi connectivity index (χ1) is 55.3. The lowest BCUT2D eigenvalue weighted by Gasteiger charge is -2.12. The van der Waals surface area contributed by atoms with E-state index in [1.54, 1.807) is 0 Å². The summed E-state index contributed by atoms with van der Waals surface area (Å²) >= 11 is 11.1. The molecule has 0 N–H and O–H groups in total. The Kier molecular flexibility index (Phi) is 18.9. The maximum atomic E-state index is 4.33. The van der Waals surface area contributed by atoms with Crippen molar-refractivity contribution >= 4 is 124 Å². The van der Waals surface area contributed by atoms with Gasteiger partial charge in [-0.25, -0.2) is 0 Å². The number of para-hydroxylation sites is 3. The second-order valence-electron chi connectivity index (χ2n) is 28.1. The number of nitrogens with zero attached hydrogens (tertiary/aromatic N) is 4. The molecule has 4 aromatic heterocycles. The first-order valence-electron chi connectivity index (χ1n) is 37.6. The summed E-state index contributed by atoms with van der Waals surface area (Å²) in [4.78, 5) is 4.33. The second kappa shape index (κ2) is 30.4. The minimum Gasteiger partial charge on any atom is -0.309 e. The molecule has 0 unspecified atom stereocenters. The summed E-state index contributed by atoms with van der Waals surface area (Å²) in [5.41, 5.74) is 30.1. The van der Waals surface area contributed by atoms with Crippen LogP contribution >= 0.6 is 47.8 Å². The third-order valence-corrected chi connectivity index (χ3v) is 23.6. The monoisotopic (exact) mass is 1620 g/mol. The molecule has 0 fully saturated rings. The fraction of sp³-hybridized carbons (Fsp3) is 0. The maximum absolute atomic E-state index is 4.33. The van der Waals surface area contributed by atoms with Crippen LogP contribution in [0.5, 0.6) is 0 Å². The predicted molar refractivity (Wildman–Crippen MR) is 484 cm³/mol. The highest BCUT2D eigenvalue weighted by atomic mass is 79.9. The van der Waals surface area contributed by atoms with E-state index in [-0.39, 0.29) is 0 Å². The molecule has 0 aliphatic rings. The summed E-state index contributed by atoms with van der Waals surface area (Å²) in [7, 11) is 0. The van der Waals surface area contributed by atoms with Crippen molar-refractivity contribution in [3.8, 4) is 106 Å². The average molecular weight is 1630 g/mol. The van der Waals surface area contributed by atoms with Crippen molar-refractivity contribution in [1.82, 2.24) is 18.7 Å². The Balaban J connectivity index is 0.000000113. The third-order valence-electron chi connectivity index (χ3n) is 21.5. The molecule has 0 aliphatic heterocycles. The van der Waals surface area contributed by atoms with Gasteiger partial charge in [-0.15, -0.1) is 0 Å². The van der Waals surface area contributed by atoms with Crippen molar-refractivity contribution in [2.75, 3.05) is 0 Å². The van der Waals surface area contributed by atoms with E-state index in [0.717, 1.165) is 18.8 Å². The van der Waals surface area contributed by atoms with E-state index in [1.165, 1.54) is 177 Å². The molecule has 0 radical (unpaired) electrons. The zero-order valence-electron chi connectivity index (χ0n) is 60.8. The predicted octanol–water partition coefficient (Wildman–Crippen LogP) is 30.5. The van der Waals surface area contributed by atoms with E-state index in [1.807, 2.05) is 18.5 Å². The van der Waals surface area contributed by atoms with Crippen molar-refractivity contribution in [2.24, 2.45) is 0 Å². The highest BCUT2D eigenvalue weighted by Gasteiger charge is 2.20. The molecule has 0 amide bonds. The largest absolute Gasteiger partial charge is 0.309 e. The van der Waals surface area contributed by atoms with Gasteiger partial charge in [0.15, 0.2) is 0 Å². The molecule has 7 heteroatoms. The lowest BCUT2D eigenvalue weighted by atomic mass is 9.97. The lowest BCUT2D eigenvalue weighted by Crippen LogP contribution is -1.95. The Bertz CT molecular complexity index is 7110. The van der Waals surface area contributed by atoms with Crippen LogP contribution in [0.2, 0.25) is 0 Å². The van der Waals surface area contributed by atoms with Gasteiger partial charge in [0.25, 0.3) is 0 Å². The van der Waals surface area contributed by atoms with Crippen LogP contribution in [0.4, 0.5) is 0 Å². The molecule has 4 heterocycles. The van der Waals surface area contributed by atoms with Crippen LogP contribution in [0.15, 0.2) is 432 Å². The first kappa shape index (κ1) is 69.4. The molecule has 530 valence electrons. The molecule has 17 aromatic carbocycles. The number of fused-ring (bicyclic) bond motifs is 10. The SMILES string of the molecule is Brc1ccccc1-c1cccc(-c2ccc3c(c2)c2cc(-c4ccccc4)ccc2n3-c2ccccc2)c1.Brc1ccccc1-c1cccc(-c2ccc3c(c2)c2ccccc2n3-c2cccc(-c3ccccc3)c2)c1.Brc1ccccc1-c1cccc(-c2ccc3c(c2)c2ccccc2n3-c2cccc3cnccc23)c1. The van der Waals surface area contributed by atoms with Gasteiger partial charge in [0, 0.05) is 80.3 Å². The van der Waals surface area contributed by atoms with Gasteiger partial charge in [0.1, 0.15) is 0 Å². The van der Waals surface area contributed by atoms with Gasteiger partial charge in [-0.1, -0.05) is 321 Å². The van der Waals surface area contributed by atoms with Crippen molar-refractivity contribution in [3.63, 3.8) is 0 Å². The summed E-state index contributed by atoms with van der Waals surface area (Å²) < 4.78 is 10.5. The number of aromatic nitrogens is 4. The van der Waals surface area contributed by atoms with Crippen molar-refractivity contribution < 1.29 is 0 Å². The summed E-state index contributed by atoms with van der Waals surface area (Å²) in [6.45, 7) is 0. The molecule has 112 heavy (non-hydrogen) atoms. The summed E-state index contributed by atoms with van der Waals surface area (Å²) in [5.74, 6) is 0. The number of halogens is 3. The van der Waals surface area contributed by atoms with Crippen molar-refractivity contribution in [2.45, 2.75) is 0 Å². The fourth-order valence-corrected chi connectivity index (χ4v) is 17.7. The molecule has 0 saturated carbocycles. The Morgan fingerprint density at radius 1 is 0.188 bits per heavy atom. The molecule has 0 bridgehead atoms. The Morgan fingerprint density at radius 3 is 0.964 bits per heavy atom. The highest BCUT2D eigenvalue weighted by molar-refractivity contribution is 9.11. The van der Waals surface area contributed by atoms with E-state index < -0.39 is 0 Å². The van der Waals surface area contributed by atoms with Crippen LogP contribution in [-0.4, -0.2) is 18.7 Å². The molecule has 0 spiro atoms. The zero-order chi connectivity index (χ0) is 75.0. The number of pyridine rings is 1. The molecular weight excluding hydrogens is 1560 g/mol. The van der Waals surface area contributed by atoms with Crippen molar-refractivity contribution in [1.29, 1.82) is 0 Å². The van der Waals surface area contributed by atoms with E-state index in [2.05, 4.69) is 467 Å². The van der Waals surface area contributed by atoms with Crippen LogP contribution in [0.3, 0.4) is 0 Å². The molecular formula is C105H69Br3N4. The van der Waals surface area contributed by atoms with Gasteiger partial charge >= 0.3 is 0 Å². The third kappa shape index (κ3) is 13.3. The second-order valence-corrected chi connectivity index (χ2v) is 30.7. The first-order valence-corrected chi connectivity index (χ1v) is 40.0.